The first-order valence-electron chi connectivity index (χ1n) is 14.9. The van der Waals surface area contributed by atoms with Gasteiger partial charge in [0.25, 0.3) is 10.1 Å². The molecule has 0 saturated carbocycles. The van der Waals surface area contributed by atoms with Gasteiger partial charge in [0.1, 0.15) is 23.6 Å². The van der Waals surface area contributed by atoms with Crippen LogP contribution in [0.25, 0.3) is 10.9 Å². The lowest BCUT2D eigenvalue weighted by Crippen LogP contribution is -2.39. The smallest absolute Gasteiger partial charge is 0.492 e. The van der Waals surface area contributed by atoms with Crippen LogP contribution in [0.5, 0.6) is 17.2 Å². The zero-order valence-corrected chi connectivity index (χ0v) is 27.2. The number of aryl methyl sites for hydroxylation is 1. The third kappa shape index (κ3) is 6.06. The molecule has 15 heteroatoms. The Labute approximate surface area is 273 Å². The van der Waals surface area contributed by atoms with Crippen molar-refractivity contribution in [3.63, 3.8) is 0 Å². The SMILES string of the molecule is Cc1ccc(S(=O)(=O)OC[C@H](O)Cn2c(C(C)(C)CO)cc3cc(NC(=O)[C@@]4(C)COc5cc6c(cc54)OC(F)(F)O6)c(F)cc32)cc1. The number of aliphatic hydroxyl groups excluding tert-OH is 2. The Morgan fingerprint density at radius 1 is 1.08 bits per heavy atom. The van der Waals surface area contributed by atoms with Crippen molar-refractivity contribution in [1.82, 2.24) is 4.57 Å². The zero-order chi connectivity index (χ0) is 34.8. The van der Waals surface area contributed by atoms with E-state index in [9.17, 15) is 32.2 Å². The summed E-state index contributed by atoms with van der Waals surface area (Å²) in [5.41, 5.74) is -0.565. The summed E-state index contributed by atoms with van der Waals surface area (Å²) in [5.74, 6) is -1.87. The Balaban J connectivity index is 1.26. The minimum absolute atomic E-state index is 0.0696. The second kappa shape index (κ2) is 11.7. The van der Waals surface area contributed by atoms with Crippen LogP contribution in [0.2, 0.25) is 0 Å². The summed E-state index contributed by atoms with van der Waals surface area (Å²) < 4.78 is 89.5. The molecule has 256 valence electrons. The highest BCUT2D eigenvalue weighted by atomic mass is 32.2. The molecule has 11 nitrogen and oxygen atoms in total. The van der Waals surface area contributed by atoms with Crippen molar-refractivity contribution in [3.05, 3.63) is 77.2 Å². The highest BCUT2D eigenvalue weighted by Crippen LogP contribution is 2.50. The van der Waals surface area contributed by atoms with Crippen molar-refractivity contribution in [1.29, 1.82) is 0 Å². The molecule has 0 radical (unpaired) electrons. The predicted octanol–water partition coefficient (Wildman–Crippen LogP) is 4.74. The van der Waals surface area contributed by atoms with Crippen LogP contribution < -0.4 is 19.5 Å². The molecular formula is C33H33F3N2O9S. The summed E-state index contributed by atoms with van der Waals surface area (Å²) in [7, 11) is -4.16. The number of hydrogen-bond acceptors (Lipinski definition) is 9. The number of fused-ring (bicyclic) bond motifs is 3. The summed E-state index contributed by atoms with van der Waals surface area (Å²) in [6.45, 7) is 5.52. The number of amides is 1. The van der Waals surface area contributed by atoms with Gasteiger partial charge in [0, 0.05) is 34.2 Å². The van der Waals surface area contributed by atoms with Crippen molar-refractivity contribution < 1.29 is 55.0 Å². The summed E-state index contributed by atoms with van der Waals surface area (Å²) >= 11 is 0. The van der Waals surface area contributed by atoms with E-state index in [2.05, 4.69) is 14.8 Å². The fraction of sp³-hybridized carbons (Fsp3) is 0.364. The van der Waals surface area contributed by atoms with E-state index in [-0.39, 0.29) is 53.2 Å². The van der Waals surface area contributed by atoms with Gasteiger partial charge in [-0.1, -0.05) is 31.5 Å². The van der Waals surface area contributed by atoms with Crippen LogP contribution >= 0.6 is 0 Å². The summed E-state index contributed by atoms with van der Waals surface area (Å²) in [6, 6.07) is 12.7. The molecule has 0 unspecified atom stereocenters. The number of nitrogens with one attached hydrogen (secondary N) is 1. The van der Waals surface area contributed by atoms with Crippen molar-refractivity contribution in [2.24, 2.45) is 0 Å². The number of carbonyl (C=O) groups excluding carboxylic acids is 1. The van der Waals surface area contributed by atoms with Crippen LogP contribution in [0.4, 0.5) is 18.9 Å². The molecule has 0 spiro atoms. The molecule has 0 aliphatic carbocycles. The van der Waals surface area contributed by atoms with Crippen molar-refractivity contribution in [2.45, 2.75) is 62.4 Å². The third-order valence-corrected chi connectivity index (χ3v) is 9.86. The molecule has 48 heavy (non-hydrogen) atoms. The molecular weight excluding hydrogens is 657 g/mol. The summed E-state index contributed by atoms with van der Waals surface area (Å²) in [6.07, 6.45) is -5.22. The Bertz CT molecular complexity index is 2030. The predicted molar refractivity (Wildman–Crippen MR) is 166 cm³/mol. The minimum Gasteiger partial charge on any atom is -0.492 e. The maximum Gasteiger partial charge on any atom is 0.586 e. The molecule has 6 rings (SSSR count). The molecule has 0 saturated heterocycles. The lowest BCUT2D eigenvalue weighted by molar-refractivity contribution is -0.286. The average Bonchev–Trinajstić information content (AvgIpc) is 3.65. The quantitative estimate of drug-likeness (QED) is 0.201. The molecule has 1 aromatic heterocycles. The second-order valence-electron chi connectivity index (χ2n) is 12.8. The molecule has 1 amide bonds. The maximum absolute atomic E-state index is 15.7. The van der Waals surface area contributed by atoms with Gasteiger partial charge in [-0.15, -0.1) is 8.78 Å². The van der Waals surface area contributed by atoms with Crippen molar-refractivity contribution in [2.75, 3.05) is 25.1 Å². The number of alkyl halides is 2. The van der Waals surface area contributed by atoms with E-state index in [0.29, 0.717) is 16.6 Å². The van der Waals surface area contributed by atoms with Gasteiger partial charge in [0.15, 0.2) is 11.5 Å². The van der Waals surface area contributed by atoms with Gasteiger partial charge >= 0.3 is 6.29 Å². The van der Waals surface area contributed by atoms with Gasteiger partial charge in [0.05, 0.1) is 42.0 Å². The number of rotatable bonds is 10. The number of carbonyl (C=O) groups is 1. The first-order chi connectivity index (χ1) is 22.4. The normalized spacial score (nSPS) is 18.9. The van der Waals surface area contributed by atoms with Gasteiger partial charge in [0.2, 0.25) is 5.91 Å². The Kier molecular flexibility index (Phi) is 8.18. The van der Waals surface area contributed by atoms with Gasteiger partial charge < -0.3 is 34.3 Å². The van der Waals surface area contributed by atoms with Crippen LogP contribution in [0.15, 0.2) is 59.5 Å². The molecule has 4 aromatic rings. The molecule has 2 aliphatic heterocycles. The first kappa shape index (κ1) is 33.6. The Morgan fingerprint density at radius 3 is 2.42 bits per heavy atom. The summed E-state index contributed by atoms with van der Waals surface area (Å²) in [4.78, 5) is 13.5. The molecule has 3 heterocycles. The fourth-order valence-electron chi connectivity index (χ4n) is 5.70. The second-order valence-corrected chi connectivity index (χ2v) is 14.4. The number of ether oxygens (including phenoxy) is 3. The molecule has 2 atom stereocenters. The van der Waals surface area contributed by atoms with Gasteiger partial charge in [-0.05, 0) is 44.2 Å². The number of anilines is 1. The van der Waals surface area contributed by atoms with Gasteiger partial charge in [-0.3, -0.25) is 8.98 Å². The minimum atomic E-state index is -4.16. The highest BCUT2D eigenvalue weighted by Gasteiger charge is 2.49. The van der Waals surface area contributed by atoms with Crippen LogP contribution in [0.3, 0.4) is 0 Å². The Hall–Kier alpha value is -4.31. The molecule has 3 N–H and O–H groups in total. The van der Waals surface area contributed by atoms with E-state index in [0.717, 1.165) is 11.6 Å². The molecule has 2 aliphatic rings. The number of nitrogens with zero attached hydrogens (tertiary/aromatic N) is 1. The highest BCUT2D eigenvalue weighted by molar-refractivity contribution is 7.86. The van der Waals surface area contributed by atoms with Gasteiger partial charge in [-0.2, -0.15) is 8.42 Å². The largest absolute Gasteiger partial charge is 0.586 e. The number of hydrogen-bond donors (Lipinski definition) is 3. The first-order valence-corrected chi connectivity index (χ1v) is 16.3. The zero-order valence-electron chi connectivity index (χ0n) is 26.3. The topological polar surface area (TPSA) is 146 Å². The monoisotopic (exact) mass is 690 g/mol. The van der Waals surface area contributed by atoms with Crippen molar-refractivity contribution >= 4 is 32.6 Å². The number of aromatic nitrogens is 1. The third-order valence-electron chi connectivity index (χ3n) is 8.56. The van der Waals surface area contributed by atoms with Crippen LogP contribution in [0, 0.1) is 12.7 Å². The van der Waals surface area contributed by atoms with Crippen LogP contribution in [-0.2, 0) is 36.5 Å². The molecule has 0 bridgehead atoms. The van der Waals surface area contributed by atoms with Crippen LogP contribution in [0.1, 0.15) is 37.6 Å². The fourth-order valence-corrected chi connectivity index (χ4v) is 6.64. The van der Waals surface area contributed by atoms with Crippen LogP contribution in [-0.4, -0.2) is 61.3 Å². The number of halogens is 3. The van der Waals surface area contributed by atoms with E-state index in [1.54, 1.807) is 36.6 Å². The van der Waals surface area contributed by atoms with E-state index < -0.39 is 51.7 Å². The maximum atomic E-state index is 15.7. The average molecular weight is 691 g/mol. The molecule has 3 aromatic carbocycles. The standard InChI is InChI=1S/C33H33F3N2O9S/c1-18-5-7-21(8-6-18)48(42,43)45-15-20(40)14-38-25-12-23(34)24(9-19(25)10-29(38)31(2,3)16-39)37-30(41)32(4)17-44-26-13-28-27(11-22(26)32)46-33(35,36)47-28/h5-13,20,39-40H,14-17H2,1-4H3,(H,37,41)/t20-,32+/m1/s1. The number of aliphatic hydroxyl groups is 2. The van der Waals surface area contributed by atoms with Crippen molar-refractivity contribution in [3.8, 4) is 17.2 Å². The lowest BCUT2D eigenvalue weighted by atomic mass is 9.83. The van der Waals surface area contributed by atoms with E-state index in [1.165, 1.54) is 37.3 Å². The van der Waals surface area contributed by atoms with E-state index >= 15 is 4.39 Å². The molecule has 0 fully saturated rings. The van der Waals surface area contributed by atoms with E-state index in [1.807, 2.05) is 6.92 Å². The van der Waals surface area contributed by atoms with E-state index in [4.69, 9.17) is 8.92 Å². The lowest BCUT2D eigenvalue weighted by Gasteiger charge is -2.26. The summed E-state index contributed by atoms with van der Waals surface area (Å²) in [5, 5.41) is 24.0. The number of benzene rings is 3. The van der Waals surface area contributed by atoms with Gasteiger partial charge in [-0.25, -0.2) is 4.39 Å². The Morgan fingerprint density at radius 2 is 1.75 bits per heavy atom.